The van der Waals surface area contributed by atoms with Gasteiger partial charge in [0.15, 0.2) is 0 Å². The van der Waals surface area contributed by atoms with E-state index in [1.807, 2.05) is 18.2 Å². The number of hydrogen-bond donors (Lipinski definition) is 1. The maximum atomic E-state index is 5.80. The first-order valence-electron chi connectivity index (χ1n) is 4.83. The largest absolute Gasteiger partial charge is 0.330 e. The van der Waals surface area contributed by atoms with Gasteiger partial charge in [-0.15, -0.1) is 31.4 Å². The van der Waals surface area contributed by atoms with Crippen molar-refractivity contribution in [2.45, 2.75) is 12.8 Å². The molecule has 1 aromatic carbocycles. The molecule has 0 heterocycles. The number of nitrogens with two attached hydrogens (primary N) is 1. The van der Waals surface area contributed by atoms with Gasteiger partial charge in [0.25, 0.3) is 0 Å². The first-order chi connectivity index (χ1) is 6.76. The van der Waals surface area contributed by atoms with E-state index in [-0.39, 0.29) is 24.8 Å². The standard InChI is InChI=1S/C12H16ClN.2ClH/c1-2-10(7-8-14)9-11-3-5-12(13)6-4-11;;/h2-6,10H,1,7-9,14H2;2*1H. The minimum atomic E-state index is 0. The van der Waals surface area contributed by atoms with Crippen LogP contribution in [0.2, 0.25) is 5.02 Å². The number of benzene rings is 1. The van der Waals surface area contributed by atoms with Gasteiger partial charge in [-0.1, -0.05) is 29.8 Å². The number of halogens is 3. The summed E-state index contributed by atoms with van der Waals surface area (Å²) in [4.78, 5) is 0. The lowest BCUT2D eigenvalue weighted by atomic mass is 9.96. The normalized spacial score (nSPS) is 10.9. The van der Waals surface area contributed by atoms with Crippen LogP contribution in [0.4, 0.5) is 0 Å². The van der Waals surface area contributed by atoms with Crippen molar-refractivity contribution in [2.24, 2.45) is 11.7 Å². The summed E-state index contributed by atoms with van der Waals surface area (Å²) in [6, 6.07) is 7.93. The quantitative estimate of drug-likeness (QED) is 0.815. The molecule has 0 fully saturated rings. The number of allylic oxidation sites excluding steroid dienone is 1. The van der Waals surface area contributed by atoms with E-state index in [0.29, 0.717) is 12.5 Å². The molecule has 1 rings (SSSR count). The summed E-state index contributed by atoms with van der Waals surface area (Å²) in [6.45, 7) is 4.52. The summed E-state index contributed by atoms with van der Waals surface area (Å²) in [7, 11) is 0. The van der Waals surface area contributed by atoms with E-state index in [1.54, 1.807) is 0 Å². The van der Waals surface area contributed by atoms with E-state index in [0.717, 1.165) is 17.9 Å². The summed E-state index contributed by atoms with van der Waals surface area (Å²) in [5.41, 5.74) is 6.80. The van der Waals surface area contributed by atoms with E-state index in [4.69, 9.17) is 17.3 Å². The van der Waals surface area contributed by atoms with Gasteiger partial charge in [-0.3, -0.25) is 0 Å². The van der Waals surface area contributed by atoms with Crippen LogP contribution in [0.25, 0.3) is 0 Å². The van der Waals surface area contributed by atoms with E-state index in [1.165, 1.54) is 5.56 Å². The van der Waals surface area contributed by atoms with Crippen molar-refractivity contribution >= 4 is 36.4 Å². The van der Waals surface area contributed by atoms with Crippen molar-refractivity contribution in [2.75, 3.05) is 6.54 Å². The highest BCUT2D eigenvalue weighted by molar-refractivity contribution is 6.30. The van der Waals surface area contributed by atoms with Crippen LogP contribution in [-0.4, -0.2) is 6.54 Å². The molecule has 1 nitrogen and oxygen atoms in total. The zero-order chi connectivity index (χ0) is 10.4. The van der Waals surface area contributed by atoms with E-state index in [2.05, 4.69) is 18.7 Å². The SMILES string of the molecule is C=CC(CCN)Cc1ccc(Cl)cc1.Cl.Cl. The van der Waals surface area contributed by atoms with Crippen LogP contribution in [0.15, 0.2) is 36.9 Å². The maximum Gasteiger partial charge on any atom is 0.0406 e. The van der Waals surface area contributed by atoms with Crippen molar-refractivity contribution < 1.29 is 0 Å². The molecular weight excluding hydrogens is 264 g/mol. The van der Waals surface area contributed by atoms with E-state index >= 15 is 0 Å². The van der Waals surface area contributed by atoms with Crippen molar-refractivity contribution in [1.29, 1.82) is 0 Å². The Labute approximate surface area is 115 Å². The minimum absolute atomic E-state index is 0. The fourth-order valence-corrected chi connectivity index (χ4v) is 1.57. The number of hydrogen-bond acceptors (Lipinski definition) is 1. The zero-order valence-electron chi connectivity index (χ0n) is 9.06. The second-order valence-corrected chi connectivity index (χ2v) is 3.84. The molecule has 1 aromatic rings. The van der Waals surface area contributed by atoms with Crippen LogP contribution >= 0.6 is 36.4 Å². The third kappa shape index (κ3) is 6.39. The Morgan fingerprint density at radius 1 is 1.25 bits per heavy atom. The van der Waals surface area contributed by atoms with E-state index < -0.39 is 0 Å². The Morgan fingerprint density at radius 2 is 1.81 bits per heavy atom. The average Bonchev–Trinajstić information content (AvgIpc) is 2.20. The van der Waals surface area contributed by atoms with Gasteiger partial charge in [0.05, 0.1) is 0 Å². The molecule has 0 aromatic heterocycles. The van der Waals surface area contributed by atoms with Crippen LogP contribution in [0, 0.1) is 5.92 Å². The molecule has 16 heavy (non-hydrogen) atoms. The second kappa shape index (κ2) is 9.98. The molecule has 0 radical (unpaired) electrons. The van der Waals surface area contributed by atoms with Crippen molar-refractivity contribution in [1.82, 2.24) is 0 Å². The van der Waals surface area contributed by atoms with Crippen LogP contribution in [0.5, 0.6) is 0 Å². The zero-order valence-corrected chi connectivity index (χ0v) is 11.5. The topological polar surface area (TPSA) is 26.0 Å². The van der Waals surface area contributed by atoms with Gasteiger partial charge < -0.3 is 5.73 Å². The van der Waals surface area contributed by atoms with Gasteiger partial charge in [0, 0.05) is 5.02 Å². The molecule has 0 aliphatic heterocycles. The highest BCUT2D eigenvalue weighted by Gasteiger charge is 2.04. The molecule has 0 amide bonds. The van der Waals surface area contributed by atoms with Gasteiger partial charge in [0.2, 0.25) is 0 Å². The maximum absolute atomic E-state index is 5.80. The highest BCUT2D eigenvalue weighted by atomic mass is 35.5. The lowest BCUT2D eigenvalue weighted by Gasteiger charge is -2.10. The smallest absolute Gasteiger partial charge is 0.0406 e. The first kappa shape index (κ1) is 18.2. The predicted molar refractivity (Wildman–Crippen MR) is 77.0 cm³/mol. The van der Waals surface area contributed by atoms with Gasteiger partial charge in [-0.05, 0) is 43.0 Å². The summed E-state index contributed by atoms with van der Waals surface area (Å²) in [5.74, 6) is 0.473. The van der Waals surface area contributed by atoms with E-state index in [9.17, 15) is 0 Å². The lowest BCUT2D eigenvalue weighted by molar-refractivity contribution is 0.598. The molecule has 0 aliphatic rings. The summed E-state index contributed by atoms with van der Waals surface area (Å²) < 4.78 is 0. The fourth-order valence-electron chi connectivity index (χ4n) is 1.44. The molecule has 0 saturated heterocycles. The Hall–Kier alpha value is -0.210. The van der Waals surface area contributed by atoms with Crippen LogP contribution in [-0.2, 0) is 6.42 Å². The molecule has 1 atom stereocenters. The van der Waals surface area contributed by atoms with Crippen molar-refractivity contribution in [3.63, 3.8) is 0 Å². The fraction of sp³-hybridized carbons (Fsp3) is 0.333. The van der Waals surface area contributed by atoms with Gasteiger partial charge in [-0.2, -0.15) is 0 Å². The first-order valence-corrected chi connectivity index (χ1v) is 5.21. The summed E-state index contributed by atoms with van der Waals surface area (Å²) in [5, 5.41) is 0.780. The monoisotopic (exact) mass is 281 g/mol. The van der Waals surface area contributed by atoms with Gasteiger partial charge in [-0.25, -0.2) is 0 Å². The van der Waals surface area contributed by atoms with Gasteiger partial charge >= 0.3 is 0 Å². The number of rotatable bonds is 5. The third-order valence-corrected chi connectivity index (χ3v) is 2.53. The highest BCUT2D eigenvalue weighted by Crippen LogP contribution is 2.15. The molecular formula is C12H18Cl3N. The van der Waals surface area contributed by atoms with Crippen LogP contribution in [0.3, 0.4) is 0 Å². The molecule has 4 heteroatoms. The molecule has 0 aliphatic carbocycles. The van der Waals surface area contributed by atoms with Gasteiger partial charge in [0.1, 0.15) is 0 Å². The third-order valence-electron chi connectivity index (χ3n) is 2.28. The Kier molecular flexibility index (Phi) is 11.3. The summed E-state index contributed by atoms with van der Waals surface area (Å²) >= 11 is 5.80. The molecule has 0 bridgehead atoms. The lowest BCUT2D eigenvalue weighted by Crippen LogP contribution is -2.08. The minimum Gasteiger partial charge on any atom is -0.330 e. The Morgan fingerprint density at radius 3 is 2.25 bits per heavy atom. The second-order valence-electron chi connectivity index (χ2n) is 3.40. The van der Waals surface area contributed by atoms with Crippen molar-refractivity contribution in [3.05, 3.63) is 47.5 Å². The molecule has 0 spiro atoms. The molecule has 2 N–H and O–H groups in total. The van der Waals surface area contributed by atoms with Crippen molar-refractivity contribution in [3.8, 4) is 0 Å². The van der Waals surface area contributed by atoms with Crippen LogP contribution < -0.4 is 5.73 Å². The molecule has 92 valence electrons. The predicted octanol–water partition coefficient (Wildman–Crippen LogP) is 3.88. The molecule has 1 unspecified atom stereocenters. The Balaban J connectivity index is 0. The van der Waals surface area contributed by atoms with Crippen LogP contribution in [0.1, 0.15) is 12.0 Å². The molecule has 0 saturated carbocycles. The summed E-state index contributed by atoms with van der Waals surface area (Å²) in [6.07, 6.45) is 3.96. The average molecular weight is 283 g/mol. The Bertz CT molecular complexity index is 285.